The number of benzene rings is 2. The van der Waals surface area contributed by atoms with Crippen LogP contribution in [0.5, 0.6) is 17.2 Å². The third-order valence-corrected chi connectivity index (χ3v) is 3.13. The van der Waals surface area contributed by atoms with Gasteiger partial charge in [0.2, 0.25) is 0 Å². The first-order chi connectivity index (χ1) is 10.5. The van der Waals surface area contributed by atoms with Crippen molar-refractivity contribution in [1.82, 2.24) is 0 Å². The maximum absolute atomic E-state index is 12.3. The molecule has 0 heterocycles. The van der Waals surface area contributed by atoms with Gasteiger partial charge in [0.1, 0.15) is 17.2 Å². The summed E-state index contributed by atoms with van der Waals surface area (Å²) in [4.78, 5) is 12.3. The van der Waals surface area contributed by atoms with E-state index in [0.717, 1.165) is 5.56 Å². The van der Waals surface area contributed by atoms with Crippen LogP contribution in [0.1, 0.15) is 15.9 Å². The second-order valence-corrected chi connectivity index (χ2v) is 4.58. The van der Waals surface area contributed by atoms with Crippen molar-refractivity contribution < 1.29 is 19.4 Å². The molecule has 5 heteroatoms. The number of anilines is 1. The first-order valence-electron chi connectivity index (χ1n) is 6.58. The van der Waals surface area contributed by atoms with Crippen LogP contribution in [-0.2, 0) is 0 Å². The summed E-state index contributed by atoms with van der Waals surface area (Å²) in [5, 5.41) is 9.23. The maximum atomic E-state index is 12.3. The summed E-state index contributed by atoms with van der Waals surface area (Å²) >= 11 is 0. The highest BCUT2D eigenvalue weighted by Crippen LogP contribution is 2.31. The van der Waals surface area contributed by atoms with E-state index in [-0.39, 0.29) is 17.2 Å². The predicted octanol–water partition coefficient (Wildman–Crippen LogP) is 2.89. The van der Waals surface area contributed by atoms with Gasteiger partial charge in [0.25, 0.3) is 0 Å². The number of ketones is 1. The summed E-state index contributed by atoms with van der Waals surface area (Å²) in [7, 11) is 2.98. The number of carbonyl (C=O) groups excluding carboxylic acids is 1. The van der Waals surface area contributed by atoms with Gasteiger partial charge < -0.3 is 20.3 Å². The number of nitrogens with two attached hydrogens (primary N) is 1. The Bertz CT molecular complexity index is 705. The Labute approximate surface area is 128 Å². The van der Waals surface area contributed by atoms with E-state index in [0.29, 0.717) is 17.1 Å². The molecule has 0 bridgehead atoms. The maximum Gasteiger partial charge on any atom is 0.191 e. The molecule has 0 amide bonds. The molecule has 0 fully saturated rings. The molecule has 0 atom stereocenters. The van der Waals surface area contributed by atoms with E-state index >= 15 is 0 Å². The minimum absolute atomic E-state index is 0.171. The Morgan fingerprint density at radius 1 is 1.14 bits per heavy atom. The highest BCUT2D eigenvalue weighted by molar-refractivity contribution is 6.12. The van der Waals surface area contributed by atoms with Gasteiger partial charge in [-0.25, -0.2) is 0 Å². The monoisotopic (exact) mass is 299 g/mol. The topological polar surface area (TPSA) is 81.8 Å². The lowest BCUT2D eigenvalue weighted by Crippen LogP contribution is -2.05. The van der Waals surface area contributed by atoms with Gasteiger partial charge in [0.15, 0.2) is 5.78 Å². The van der Waals surface area contributed by atoms with E-state index in [4.69, 9.17) is 15.2 Å². The standard InChI is InChI=1S/C17H17NO4/c1-21-13-9-14(18)17(16(10-13)22-2)15(20)8-5-11-3-6-12(19)7-4-11/h3-10,19H,18H2,1-2H3. The highest BCUT2D eigenvalue weighted by Gasteiger charge is 2.15. The molecule has 0 unspecified atom stereocenters. The van der Waals surface area contributed by atoms with Crippen molar-refractivity contribution >= 4 is 17.5 Å². The number of methoxy groups -OCH3 is 2. The van der Waals surface area contributed by atoms with E-state index in [2.05, 4.69) is 0 Å². The SMILES string of the molecule is COc1cc(N)c(C(=O)C=Cc2ccc(O)cc2)c(OC)c1. The molecule has 2 aromatic rings. The van der Waals surface area contributed by atoms with Crippen LogP contribution >= 0.6 is 0 Å². The number of aromatic hydroxyl groups is 1. The van der Waals surface area contributed by atoms with Gasteiger partial charge in [-0.05, 0) is 23.8 Å². The lowest BCUT2D eigenvalue weighted by molar-refractivity contribution is 0.104. The second-order valence-electron chi connectivity index (χ2n) is 4.58. The highest BCUT2D eigenvalue weighted by atomic mass is 16.5. The van der Waals surface area contributed by atoms with Crippen molar-refractivity contribution in [3.63, 3.8) is 0 Å². The average Bonchev–Trinajstić information content (AvgIpc) is 2.53. The number of carbonyl (C=O) groups is 1. The van der Waals surface area contributed by atoms with Crippen LogP contribution < -0.4 is 15.2 Å². The number of phenols is 1. The van der Waals surface area contributed by atoms with Crippen LogP contribution in [0.4, 0.5) is 5.69 Å². The lowest BCUT2D eigenvalue weighted by atomic mass is 10.1. The van der Waals surface area contributed by atoms with Gasteiger partial charge in [-0.1, -0.05) is 18.2 Å². The molecule has 0 radical (unpaired) electrons. The van der Waals surface area contributed by atoms with Crippen LogP contribution in [0.15, 0.2) is 42.5 Å². The van der Waals surface area contributed by atoms with Crippen molar-refractivity contribution in [2.45, 2.75) is 0 Å². The Kier molecular flexibility index (Phi) is 4.68. The van der Waals surface area contributed by atoms with Crippen molar-refractivity contribution in [3.8, 4) is 17.2 Å². The van der Waals surface area contributed by atoms with Crippen LogP contribution in [0.25, 0.3) is 6.08 Å². The molecule has 22 heavy (non-hydrogen) atoms. The molecule has 0 saturated heterocycles. The number of hydrogen-bond acceptors (Lipinski definition) is 5. The van der Waals surface area contributed by atoms with Crippen LogP contribution in [0.3, 0.4) is 0 Å². The molecule has 0 aromatic heterocycles. The predicted molar refractivity (Wildman–Crippen MR) is 85.4 cm³/mol. The average molecular weight is 299 g/mol. The number of ether oxygens (including phenoxy) is 2. The van der Waals surface area contributed by atoms with E-state index in [1.807, 2.05) is 0 Å². The summed E-state index contributed by atoms with van der Waals surface area (Å²) in [5.41, 5.74) is 7.28. The molecule has 0 spiro atoms. The quantitative estimate of drug-likeness (QED) is 0.504. The summed E-state index contributed by atoms with van der Waals surface area (Å²) < 4.78 is 10.3. The van der Waals surface area contributed by atoms with E-state index < -0.39 is 0 Å². The number of phenolic OH excluding ortho intramolecular Hbond substituents is 1. The van der Waals surface area contributed by atoms with E-state index in [1.54, 1.807) is 42.5 Å². The number of rotatable bonds is 5. The first-order valence-corrected chi connectivity index (χ1v) is 6.58. The zero-order chi connectivity index (χ0) is 16.1. The van der Waals surface area contributed by atoms with Crippen LogP contribution in [-0.4, -0.2) is 25.1 Å². The largest absolute Gasteiger partial charge is 0.508 e. The second kappa shape index (κ2) is 6.67. The number of hydrogen-bond donors (Lipinski definition) is 2. The summed E-state index contributed by atoms with van der Waals surface area (Å²) in [6, 6.07) is 9.68. The fourth-order valence-corrected chi connectivity index (χ4v) is 1.99. The van der Waals surface area contributed by atoms with Gasteiger partial charge in [-0.15, -0.1) is 0 Å². The van der Waals surface area contributed by atoms with Gasteiger partial charge in [-0.3, -0.25) is 4.79 Å². The normalized spacial score (nSPS) is 10.6. The summed E-state index contributed by atoms with van der Waals surface area (Å²) in [5.74, 6) is 0.778. The van der Waals surface area contributed by atoms with Crippen LogP contribution in [0.2, 0.25) is 0 Å². The Morgan fingerprint density at radius 3 is 2.41 bits per heavy atom. The van der Waals surface area contributed by atoms with Crippen molar-refractivity contribution in [2.75, 3.05) is 20.0 Å². The lowest BCUT2D eigenvalue weighted by Gasteiger charge is -2.11. The molecule has 0 saturated carbocycles. The fraction of sp³-hybridized carbons (Fsp3) is 0.118. The molecule has 2 aromatic carbocycles. The van der Waals surface area contributed by atoms with Gasteiger partial charge in [-0.2, -0.15) is 0 Å². The third-order valence-electron chi connectivity index (χ3n) is 3.13. The first kappa shape index (κ1) is 15.4. The Hall–Kier alpha value is -2.95. The van der Waals surface area contributed by atoms with E-state index in [1.165, 1.54) is 20.3 Å². The number of nitrogen functional groups attached to an aromatic ring is 1. The zero-order valence-electron chi connectivity index (χ0n) is 12.4. The Balaban J connectivity index is 2.31. The fourth-order valence-electron chi connectivity index (χ4n) is 1.99. The molecular formula is C17H17NO4. The number of allylic oxidation sites excluding steroid dienone is 1. The molecule has 0 aliphatic rings. The van der Waals surface area contributed by atoms with Crippen molar-refractivity contribution in [3.05, 3.63) is 53.6 Å². The van der Waals surface area contributed by atoms with Gasteiger partial charge >= 0.3 is 0 Å². The van der Waals surface area contributed by atoms with Crippen LogP contribution in [0, 0.1) is 0 Å². The van der Waals surface area contributed by atoms with Crippen molar-refractivity contribution in [1.29, 1.82) is 0 Å². The Morgan fingerprint density at radius 2 is 1.82 bits per heavy atom. The molecule has 3 N–H and O–H groups in total. The zero-order valence-corrected chi connectivity index (χ0v) is 12.4. The molecule has 2 rings (SSSR count). The molecule has 0 aliphatic heterocycles. The third kappa shape index (κ3) is 3.38. The molecule has 0 aliphatic carbocycles. The van der Waals surface area contributed by atoms with Gasteiger partial charge in [0, 0.05) is 12.1 Å². The van der Waals surface area contributed by atoms with Crippen molar-refractivity contribution in [2.24, 2.45) is 0 Å². The minimum atomic E-state index is -0.273. The molecule has 5 nitrogen and oxygen atoms in total. The summed E-state index contributed by atoms with van der Waals surface area (Å²) in [6.07, 6.45) is 3.05. The molecular weight excluding hydrogens is 282 g/mol. The summed E-state index contributed by atoms with van der Waals surface area (Å²) in [6.45, 7) is 0. The minimum Gasteiger partial charge on any atom is -0.508 e. The smallest absolute Gasteiger partial charge is 0.191 e. The molecule has 114 valence electrons. The van der Waals surface area contributed by atoms with E-state index in [9.17, 15) is 9.90 Å². The van der Waals surface area contributed by atoms with Gasteiger partial charge in [0.05, 0.1) is 25.5 Å².